The van der Waals surface area contributed by atoms with Gasteiger partial charge in [0.05, 0.1) is 145 Å². The van der Waals surface area contributed by atoms with Gasteiger partial charge in [-0.15, -0.1) is 0 Å². The quantitative estimate of drug-likeness (QED) is 0.0790. The number of carbonyl (C=O) groups excluding carboxylic acids is 1. The number of fused-ring (bicyclic) bond motifs is 3. The predicted octanol–water partition coefficient (Wildman–Crippen LogP) is 4.91. The molecule has 1 N–H and O–H groups in total. The minimum Gasteiger partial charge on any atom is -0.449 e. The second-order valence-electron chi connectivity index (χ2n) is 12.9. The SMILES string of the molecule is O=C(NCCOCCOCCOCCOCCOCCOCCOCCOCCOCCOCCOCc1ccccc1)OCC1c2ccccc2-c2ccccc21. The Bertz CT molecular complexity index is 1400. The van der Waals surface area contributed by atoms with Gasteiger partial charge in [-0.2, -0.15) is 0 Å². The Labute approximate surface area is 343 Å². The molecule has 3 aromatic carbocycles. The number of ether oxygens (including phenoxy) is 12. The van der Waals surface area contributed by atoms with Gasteiger partial charge in [-0.05, 0) is 27.8 Å². The van der Waals surface area contributed by atoms with E-state index in [2.05, 4.69) is 29.6 Å². The Balaban J connectivity index is 0.772. The predicted molar refractivity (Wildman–Crippen MR) is 217 cm³/mol. The number of alkyl carbamates (subject to hydrolysis) is 1. The summed E-state index contributed by atoms with van der Waals surface area (Å²) in [5.74, 6) is 0.0358. The molecule has 3 aromatic rings. The van der Waals surface area contributed by atoms with E-state index in [4.69, 9.17) is 56.8 Å². The second-order valence-corrected chi connectivity index (χ2v) is 12.9. The molecule has 0 heterocycles. The maximum atomic E-state index is 12.3. The first-order valence-electron chi connectivity index (χ1n) is 20.3. The highest BCUT2D eigenvalue weighted by molar-refractivity contribution is 5.79. The average Bonchev–Trinajstić information content (AvgIpc) is 3.58. The van der Waals surface area contributed by atoms with E-state index in [1.807, 2.05) is 54.6 Å². The van der Waals surface area contributed by atoms with Crippen LogP contribution in [0.15, 0.2) is 78.9 Å². The molecule has 0 fully saturated rings. The van der Waals surface area contributed by atoms with Gasteiger partial charge in [-0.25, -0.2) is 4.79 Å². The lowest BCUT2D eigenvalue weighted by atomic mass is 9.98. The third-order valence-electron chi connectivity index (χ3n) is 8.69. The van der Waals surface area contributed by atoms with Crippen LogP contribution in [-0.2, 0) is 63.4 Å². The van der Waals surface area contributed by atoms with E-state index in [0.29, 0.717) is 152 Å². The molecule has 0 aliphatic heterocycles. The molecule has 1 aliphatic rings. The molecule has 4 rings (SSSR count). The molecule has 14 heteroatoms. The van der Waals surface area contributed by atoms with Gasteiger partial charge in [-0.1, -0.05) is 78.9 Å². The highest BCUT2D eigenvalue weighted by Gasteiger charge is 2.28. The highest BCUT2D eigenvalue weighted by Crippen LogP contribution is 2.44. The lowest BCUT2D eigenvalue weighted by Gasteiger charge is -2.14. The molecule has 14 nitrogen and oxygen atoms in total. The van der Waals surface area contributed by atoms with E-state index < -0.39 is 6.09 Å². The van der Waals surface area contributed by atoms with Crippen LogP contribution in [0.5, 0.6) is 0 Å². The molecule has 58 heavy (non-hydrogen) atoms. The average molecular weight is 814 g/mol. The fraction of sp³-hybridized carbons (Fsp3) is 0.568. The summed E-state index contributed by atoms with van der Waals surface area (Å²) < 4.78 is 66.2. The van der Waals surface area contributed by atoms with Gasteiger partial charge in [0.25, 0.3) is 0 Å². The lowest BCUT2D eigenvalue weighted by molar-refractivity contribution is -0.0276. The summed E-state index contributed by atoms with van der Waals surface area (Å²) in [4.78, 5) is 12.3. The van der Waals surface area contributed by atoms with Crippen LogP contribution in [0.3, 0.4) is 0 Å². The number of hydrogen-bond acceptors (Lipinski definition) is 13. The smallest absolute Gasteiger partial charge is 0.407 e. The van der Waals surface area contributed by atoms with Crippen LogP contribution < -0.4 is 5.32 Å². The zero-order valence-corrected chi connectivity index (χ0v) is 33.9. The minimum absolute atomic E-state index is 0.0358. The van der Waals surface area contributed by atoms with Crippen LogP contribution in [0, 0.1) is 0 Å². The molecule has 0 spiro atoms. The number of amides is 1. The van der Waals surface area contributed by atoms with Crippen molar-refractivity contribution in [2.45, 2.75) is 12.5 Å². The fourth-order valence-corrected chi connectivity index (χ4v) is 5.84. The number of carbonyl (C=O) groups is 1. The maximum absolute atomic E-state index is 12.3. The number of benzene rings is 3. The molecule has 0 unspecified atom stereocenters. The Morgan fingerprint density at radius 1 is 0.397 bits per heavy atom. The van der Waals surface area contributed by atoms with Crippen LogP contribution in [0.4, 0.5) is 4.79 Å². The van der Waals surface area contributed by atoms with E-state index >= 15 is 0 Å². The van der Waals surface area contributed by atoms with Crippen molar-refractivity contribution in [1.29, 1.82) is 0 Å². The van der Waals surface area contributed by atoms with Crippen molar-refractivity contribution < 1.29 is 61.6 Å². The molecular weight excluding hydrogens is 750 g/mol. The molecule has 0 saturated heterocycles. The molecule has 0 bridgehead atoms. The van der Waals surface area contributed by atoms with Gasteiger partial charge in [0.2, 0.25) is 0 Å². The molecular formula is C44H63NO13. The first-order valence-corrected chi connectivity index (χ1v) is 20.3. The van der Waals surface area contributed by atoms with Crippen molar-refractivity contribution in [3.05, 3.63) is 95.6 Å². The fourth-order valence-electron chi connectivity index (χ4n) is 5.84. The number of hydrogen-bond donors (Lipinski definition) is 1. The van der Waals surface area contributed by atoms with Crippen LogP contribution in [0.25, 0.3) is 11.1 Å². The van der Waals surface area contributed by atoms with Crippen molar-refractivity contribution in [3.63, 3.8) is 0 Å². The summed E-state index contributed by atoms with van der Waals surface area (Å²) in [7, 11) is 0. The van der Waals surface area contributed by atoms with Crippen molar-refractivity contribution in [2.75, 3.05) is 152 Å². The van der Waals surface area contributed by atoms with E-state index in [-0.39, 0.29) is 12.5 Å². The van der Waals surface area contributed by atoms with E-state index in [9.17, 15) is 4.79 Å². The van der Waals surface area contributed by atoms with Crippen molar-refractivity contribution >= 4 is 6.09 Å². The molecule has 0 radical (unpaired) electrons. The highest BCUT2D eigenvalue weighted by atomic mass is 16.6. The first-order chi connectivity index (χ1) is 28.8. The second kappa shape index (κ2) is 32.4. The van der Waals surface area contributed by atoms with Crippen LogP contribution in [0.1, 0.15) is 22.6 Å². The van der Waals surface area contributed by atoms with Gasteiger partial charge < -0.3 is 62.2 Å². The Hall–Kier alpha value is -3.51. The molecule has 322 valence electrons. The summed E-state index contributed by atoms with van der Waals surface area (Å²) >= 11 is 0. The molecule has 0 saturated carbocycles. The molecule has 1 aliphatic carbocycles. The third-order valence-corrected chi connectivity index (χ3v) is 8.69. The summed E-state index contributed by atoms with van der Waals surface area (Å²) in [5.41, 5.74) is 5.93. The van der Waals surface area contributed by atoms with E-state index in [0.717, 1.165) is 5.56 Å². The van der Waals surface area contributed by atoms with E-state index in [1.54, 1.807) is 0 Å². The minimum atomic E-state index is -0.453. The topological polar surface area (TPSA) is 140 Å². The first kappa shape index (κ1) is 47.2. The van der Waals surface area contributed by atoms with Crippen LogP contribution in [0.2, 0.25) is 0 Å². The standard InChI is InChI=1S/C44H63NO13/c46-44(58-37-43-41-12-6-4-10-39(41)40-11-5-7-13-42(40)43)45-14-15-47-16-17-48-18-19-49-20-21-50-22-23-51-24-25-52-26-27-53-28-29-54-30-31-55-32-33-56-34-35-57-36-38-8-2-1-3-9-38/h1-13,43H,14-37H2,(H,45,46). The maximum Gasteiger partial charge on any atom is 0.407 e. The van der Waals surface area contributed by atoms with Gasteiger partial charge >= 0.3 is 6.09 Å². The lowest BCUT2D eigenvalue weighted by Crippen LogP contribution is -2.29. The van der Waals surface area contributed by atoms with Crippen molar-refractivity contribution in [1.82, 2.24) is 5.32 Å². The van der Waals surface area contributed by atoms with Gasteiger partial charge in [0.1, 0.15) is 6.61 Å². The number of nitrogens with one attached hydrogen (secondary N) is 1. The summed E-state index contributed by atoms with van der Waals surface area (Å²) in [6, 6.07) is 26.6. The molecule has 1 amide bonds. The van der Waals surface area contributed by atoms with Gasteiger partial charge in [0.15, 0.2) is 0 Å². The van der Waals surface area contributed by atoms with E-state index in [1.165, 1.54) is 22.3 Å². The third kappa shape index (κ3) is 21.0. The molecule has 0 aromatic heterocycles. The number of rotatable bonds is 37. The largest absolute Gasteiger partial charge is 0.449 e. The Morgan fingerprint density at radius 3 is 1.12 bits per heavy atom. The normalized spacial score (nSPS) is 12.1. The molecule has 0 atom stereocenters. The zero-order chi connectivity index (χ0) is 40.4. The summed E-state index contributed by atoms with van der Waals surface area (Å²) in [5, 5.41) is 2.75. The monoisotopic (exact) mass is 813 g/mol. The van der Waals surface area contributed by atoms with Gasteiger partial charge in [-0.3, -0.25) is 0 Å². The Kier molecular flexibility index (Phi) is 26.3. The Morgan fingerprint density at radius 2 is 0.724 bits per heavy atom. The van der Waals surface area contributed by atoms with Crippen LogP contribution >= 0.6 is 0 Å². The van der Waals surface area contributed by atoms with Crippen LogP contribution in [-0.4, -0.2) is 158 Å². The zero-order valence-electron chi connectivity index (χ0n) is 33.9. The van der Waals surface area contributed by atoms with Gasteiger partial charge in [0, 0.05) is 12.5 Å². The van der Waals surface area contributed by atoms with Crippen molar-refractivity contribution in [3.8, 4) is 11.1 Å². The summed E-state index contributed by atoms with van der Waals surface area (Å²) in [6.07, 6.45) is -0.453. The summed E-state index contributed by atoms with van der Waals surface area (Å²) in [6.45, 7) is 11.5. The van der Waals surface area contributed by atoms with Crippen molar-refractivity contribution in [2.24, 2.45) is 0 Å².